The first-order valence-corrected chi connectivity index (χ1v) is 6.57. The van der Waals surface area contributed by atoms with Gasteiger partial charge in [-0.1, -0.05) is 15.9 Å². The van der Waals surface area contributed by atoms with Gasteiger partial charge in [-0.15, -0.1) is 0 Å². The van der Waals surface area contributed by atoms with Gasteiger partial charge in [-0.05, 0) is 42.8 Å². The molecule has 1 aromatic heterocycles. The topological polar surface area (TPSA) is 34.4 Å². The van der Waals surface area contributed by atoms with Crippen LogP contribution in [0.4, 0.5) is 0 Å². The molecule has 1 heterocycles. The zero-order valence-electron chi connectivity index (χ0n) is 10.5. The van der Waals surface area contributed by atoms with Crippen LogP contribution in [-0.2, 0) is 13.1 Å². The van der Waals surface area contributed by atoms with E-state index in [1.54, 1.807) is 7.11 Å². The van der Waals surface area contributed by atoms with Crippen molar-refractivity contribution in [2.45, 2.75) is 20.0 Å². The van der Waals surface area contributed by atoms with E-state index in [-0.39, 0.29) is 0 Å². The number of nitrogens with one attached hydrogen (secondary N) is 1. The molecule has 0 unspecified atom stereocenters. The van der Waals surface area contributed by atoms with Gasteiger partial charge in [0.2, 0.25) is 0 Å². The number of aryl methyl sites for hydroxylation is 1. The van der Waals surface area contributed by atoms with Gasteiger partial charge in [-0.2, -0.15) is 0 Å². The Hall–Kier alpha value is -1.26. The maximum absolute atomic E-state index is 5.50. The lowest BCUT2D eigenvalue weighted by atomic mass is 10.2. The van der Waals surface area contributed by atoms with E-state index < -0.39 is 0 Å². The van der Waals surface area contributed by atoms with Crippen LogP contribution < -0.4 is 10.1 Å². The van der Waals surface area contributed by atoms with E-state index >= 15 is 0 Å². The fraction of sp³-hybridized carbons (Fsp3) is 0.286. The van der Waals surface area contributed by atoms with Crippen LogP contribution >= 0.6 is 15.9 Å². The van der Waals surface area contributed by atoms with Crippen molar-refractivity contribution >= 4 is 15.9 Å². The minimum atomic E-state index is 0.720. The molecule has 0 amide bonds. The minimum absolute atomic E-state index is 0.720. The fourth-order valence-corrected chi connectivity index (χ4v) is 2.10. The van der Waals surface area contributed by atoms with Crippen LogP contribution in [0.1, 0.15) is 17.1 Å². The number of halogens is 1. The molecule has 4 heteroatoms. The van der Waals surface area contributed by atoms with Gasteiger partial charge in [0.05, 0.1) is 13.7 Å². The first-order chi connectivity index (χ1) is 8.69. The van der Waals surface area contributed by atoms with Crippen LogP contribution in [0.2, 0.25) is 0 Å². The van der Waals surface area contributed by atoms with E-state index in [2.05, 4.69) is 21.2 Å². The number of hydrogen-bond donors (Lipinski definition) is 1. The van der Waals surface area contributed by atoms with E-state index in [9.17, 15) is 0 Å². The predicted octanol–water partition coefficient (Wildman–Crippen LogP) is 3.65. The minimum Gasteiger partial charge on any atom is -0.497 e. The molecule has 0 radical (unpaired) electrons. The predicted molar refractivity (Wildman–Crippen MR) is 74.7 cm³/mol. The zero-order chi connectivity index (χ0) is 13.0. The summed E-state index contributed by atoms with van der Waals surface area (Å²) in [7, 11) is 1.67. The molecule has 96 valence electrons. The molecule has 0 fully saturated rings. The van der Waals surface area contributed by atoms with E-state index in [4.69, 9.17) is 9.15 Å². The van der Waals surface area contributed by atoms with E-state index in [1.165, 1.54) is 0 Å². The van der Waals surface area contributed by atoms with Crippen molar-refractivity contribution in [2.24, 2.45) is 0 Å². The van der Waals surface area contributed by atoms with Crippen LogP contribution in [0.3, 0.4) is 0 Å². The molecule has 0 atom stereocenters. The SMILES string of the molecule is COc1ccc(Br)c(CNCc2ccc(C)o2)c1. The standard InChI is InChI=1S/C14H16BrNO2/c1-10-3-4-13(18-10)9-16-8-11-7-12(17-2)5-6-14(11)15/h3-7,16H,8-9H2,1-2H3. The van der Waals surface area contributed by atoms with Gasteiger partial charge in [0.25, 0.3) is 0 Å². The Morgan fingerprint density at radius 2 is 2.06 bits per heavy atom. The van der Waals surface area contributed by atoms with E-state index in [0.29, 0.717) is 0 Å². The molecule has 1 aromatic carbocycles. The summed E-state index contributed by atoms with van der Waals surface area (Å²) in [6.45, 7) is 3.43. The van der Waals surface area contributed by atoms with Crippen molar-refractivity contribution in [3.05, 3.63) is 51.9 Å². The molecular formula is C14H16BrNO2. The average molecular weight is 310 g/mol. The molecule has 0 spiro atoms. The Labute approximate surface area is 115 Å². The van der Waals surface area contributed by atoms with Crippen LogP contribution in [0.15, 0.2) is 39.2 Å². The average Bonchev–Trinajstić information content (AvgIpc) is 2.77. The van der Waals surface area contributed by atoms with Crippen molar-refractivity contribution in [3.8, 4) is 5.75 Å². The summed E-state index contributed by atoms with van der Waals surface area (Å²) in [6.07, 6.45) is 0. The van der Waals surface area contributed by atoms with Crippen molar-refractivity contribution in [1.82, 2.24) is 5.32 Å². The van der Waals surface area contributed by atoms with Crippen molar-refractivity contribution < 1.29 is 9.15 Å². The second kappa shape index (κ2) is 6.07. The third-order valence-corrected chi connectivity index (χ3v) is 3.44. The summed E-state index contributed by atoms with van der Waals surface area (Å²) >= 11 is 3.53. The van der Waals surface area contributed by atoms with Gasteiger partial charge in [-0.3, -0.25) is 0 Å². The highest BCUT2D eigenvalue weighted by molar-refractivity contribution is 9.10. The van der Waals surface area contributed by atoms with Crippen LogP contribution in [-0.4, -0.2) is 7.11 Å². The largest absolute Gasteiger partial charge is 0.497 e. The van der Waals surface area contributed by atoms with Gasteiger partial charge >= 0.3 is 0 Å². The van der Waals surface area contributed by atoms with Gasteiger partial charge in [0.1, 0.15) is 17.3 Å². The highest BCUT2D eigenvalue weighted by Crippen LogP contribution is 2.22. The Morgan fingerprint density at radius 1 is 1.22 bits per heavy atom. The lowest BCUT2D eigenvalue weighted by Crippen LogP contribution is -2.12. The normalized spacial score (nSPS) is 10.6. The van der Waals surface area contributed by atoms with E-state index in [1.807, 2.05) is 37.3 Å². The first kappa shape index (κ1) is 13.2. The summed E-state index contributed by atoms with van der Waals surface area (Å²) in [4.78, 5) is 0. The number of methoxy groups -OCH3 is 1. The third-order valence-electron chi connectivity index (χ3n) is 2.66. The van der Waals surface area contributed by atoms with Crippen LogP contribution in [0.5, 0.6) is 5.75 Å². The highest BCUT2D eigenvalue weighted by Gasteiger charge is 2.03. The third kappa shape index (κ3) is 3.37. The van der Waals surface area contributed by atoms with Crippen molar-refractivity contribution in [2.75, 3.05) is 7.11 Å². The monoisotopic (exact) mass is 309 g/mol. The number of hydrogen-bond acceptors (Lipinski definition) is 3. The van der Waals surface area contributed by atoms with Gasteiger partial charge in [0, 0.05) is 11.0 Å². The van der Waals surface area contributed by atoms with Gasteiger partial charge in [0.15, 0.2) is 0 Å². The Bertz CT molecular complexity index is 522. The maximum atomic E-state index is 5.50. The molecule has 0 bridgehead atoms. The molecule has 1 N–H and O–H groups in total. The molecule has 0 aliphatic rings. The Balaban J connectivity index is 1.93. The Morgan fingerprint density at radius 3 is 2.72 bits per heavy atom. The molecule has 0 saturated carbocycles. The zero-order valence-corrected chi connectivity index (χ0v) is 12.1. The van der Waals surface area contributed by atoms with Crippen molar-refractivity contribution in [3.63, 3.8) is 0 Å². The maximum Gasteiger partial charge on any atom is 0.119 e. The summed E-state index contributed by atoms with van der Waals surface area (Å²) in [5.41, 5.74) is 1.16. The quantitative estimate of drug-likeness (QED) is 0.915. The molecular weight excluding hydrogens is 294 g/mol. The molecule has 2 rings (SSSR count). The summed E-state index contributed by atoms with van der Waals surface area (Å²) in [5, 5.41) is 3.34. The first-order valence-electron chi connectivity index (χ1n) is 5.77. The smallest absolute Gasteiger partial charge is 0.119 e. The van der Waals surface area contributed by atoms with Crippen molar-refractivity contribution in [1.29, 1.82) is 0 Å². The van der Waals surface area contributed by atoms with Crippen LogP contribution in [0, 0.1) is 6.92 Å². The highest BCUT2D eigenvalue weighted by atomic mass is 79.9. The lowest BCUT2D eigenvalue weighted by molar-refractivity contribution is 0.413. The number of benzene rings is 1. The molecule has 0 saturated heterocycles. The molecule has 2 aromatic rings. The Kier molecular flexibility index (Phi) is 4.44. The molecule has 18 heavy (non-hydrogen) atoms. The summed E-state index contributed by atoms with van der Waals surface area (Å²) in [6, 6.07) is 9.91. The summed E-state index contributed by atoms with van der Waals surface area (Å²) < 4.78 is 11.8. The summed E-state index contributed by atoms with van der Waals surface area (Å²) in [5.74, 6) is 2.75. The second-order valence-electron chi connectivity index (χ2n) is 4.07. The van der Waals surface area contributed by atoms with Crippen LogP contribution in [0.25, 0.3) is 0 Å². The lowest BCUT2D eigenvalue weighted by Gasteiger charge is -2.08. The van der Waals surface area contributed by atoms with Gasteiger partial charge < -0.3 is 14.5 Å². The number of ether oxygens (including phenoxy) is 1. The van der Waals surface area contributed by atoms with Gasteiger partial charge in [-0.25, -0.2) is 0 Å². The molecule has 0 aliphatic carbocycles. The van der Waals surface area contributed by atoms with E-state index in [0.717, 1.165) is 40.4 Å². The number of furan rings is 1. The number of rotatable bonds is 5. The molecule has 0 aliphatic heterocycles. The fourth-order valence-electron chi connectivity index (χ4n) is 1.71. The second-order valence-corrected chi connectivity index (χ2v) is 4.93. The molecule has 3 nitrogen and oxygen atoms in total.